The second-order valence-corrected chi connectivity index (χ2v) is 3.92. The fraction of sp³-hybridized carbons (Fsp3) is 0.385. The molecule has 2 aromatic rings. The van der Waals surface area contributed by atoms with Gasteiger partial charge in [0.1, 0.15) is 0 Å². The molecule has 0 bridgehead atoms. The molecule has 1 aromatic heterocycles. The summed E-state index contributed by atoms with van der Waals surface area (Å²) in [6.45, 7) is 5.94. The average Bonchev–Trinajstić information content (AvgIpc) is 2.85. The van der Waals surface area contributed by atoms with Crippen LogP contribution < -0.4 is 5.32 Å². The minimum Gasteiger partial charge on any atom is -0.311 e. The highest BCUT2D eigenvalue weighted by molar-refractivity contribution is 5.40. The van der Waals surface area contributed by atoms with E-state index in [1.54, 1.807) is 0 Å². The van der Waals surface area contributed by atoms with Crippen LogP contribution in [0.25, 0.3) is 5.69 Å². The molecule has 4 heteroatoms. The number of hydrogen-bond donors (Lipinski definition) is 1. The Hall–Kier alpha value is -1.68. The molecule has 0 aliphatic rings. The van der Waals surface area contributed by atoms with Crippen LogP contribution in [0.3, 0.4) is 0 Å². The predicted octanol–water partition coefficient (Wildman–Crippen LogP) is 1.94. The molecule has 0 saturated carbocycles. The van der Waals surface area contributed by atoms with Crippen molar-refractivity contribution in [1.29, 1.82) is 0 Å². The molecule has 0 radical (unpaired) electrons. The predicted molar refractivity (Wildman–Crippen MR) is 68.1 cm³/mol. The van der Waals surface area contributed by atoms with Gasteiger partial charge in [-0.2, -0.15) is 0 Å². The van der Waals surface area contributed by atoms with Crippen LogP contribution in [0.5, 0.6) is 0 Å². The molecule has 0 spiro atoms. The molecule has 4 nitrogen and oxygen atoms in total. The van der Waals surface area contributed by atoms with E-state index in [1.807, 2.05) is 16.9 Å². The SMILES string of the molecule is CCNCc1cn(-c2ccccc2CC)nn1. The van der Waals surface area contributed by atoms with Crippen LogP contribution >= 0.6 is 0 Å². The Morgan fingerprint density at radius 1 is 1.24 bits per heavy atom. The Balaban J connectivity index is 2.24. The third kappa shape index (κ3) is 2.71. The van der Waals surface area contributed by atoms with Gasteiger partial charge in [0.25, 0.3) is 0 Å². The number of para-hydroxylation sites is 1. The van der Waals surface area contributed by atoms with E-state index in [4.69, 9.17) is 0 Å². The second kappa shape index (κ2) is 5.59. The summed E-state index contributed by atoms with van der Waals surface area (Å²) in [7, 11) is 0. The van der Waals surface area contributed by atoms with Crippen molar-refractivity contribution >= 4 is 0 Å². The summed E-state index contributed by atoms with van der Waals surface area (Å²) in [6.07, 6.45) is 2.98. The summed E-state index contributed by atoms with van der Waals surface area (Å²) < 4.78 is 1.85. The molecule has 0 fully saturated rings. The van der Waals surface area contributed by atoms with Gasteiger partial charge in [0, 0.05) is 6.54 Å². The zero-order valence-corrected chi connectivity index (χ0v) is 10.3. The Bertz CT molecular complexity index is 476. The smallest absolute Gasteiger partial charge is 0.0969 e. The topological polar surface area (TPSA) is 42.7 Å². The molecule has 0 amide bonds. The minimum atomic E-state index is 0.769. The molecule has 0 atom stereocenters. The summed E-state index contributed by atoms with van der Waals surface area (Å²) in [5, 5.41) is 11.6. The highest BCUT2D eigenvalue weighted by Crippen LogP contribution is 2.13. The Kier molecular flexibility index (Phi) is 3.88. The first-order valence-electron chi connectivity index (χ1n) is 6.05. The van der Waals surface area contributed by atoms with Gasteiger partial charge < -0.3 is 5.32 Å². The molecule has 1 heterocycles. The average molecular weight is 230 g/mol. The Labute approximate surface area is 102 Å². The molecule has 1 aromatic carbocycles. The number of aryl methyl sites for hydroxylation is 1. The number of hydrogen-bond acceptors (Lipinski definition) is 3. The second-order valence-electron chi connectivity index (χ2n) is 3.92. The first-order valence-corrected chi connectivity index (χ1v) is 6.05. The van der Waals surface area contributed by atoms with Gasteiger partial charge in [0.05, 0.1) is 17.6 Å². The monoisotopic (exact) mass is 230 g/mol. The van der Waals surface area contributed by atoms with Crippen LogP contribution in [-0.4, -0.2) is 21.5 Å². The molecule has 0 aliphatic carbocycles. The van der Waals surface area contributed by atoms with Crippen LogP contribution in [0.4, 0.5) is 0 Å². The van der Waals surface area contributed by atoms with Crippen molar-refractivity contribution < 1.29 is 0 Å². The summed E-state index contributed by atoms with van der Waals surface area (Å²) in [5.41, 5.74) is 3.37. The van der Waals surface area contributed by atoms with Gasteiger partial charge in [-0.25, -0.2) is 4.68 Å². The third-order valence-corrected chi connectivity index (χ3v) is 2.72. The van der Waals surface area contributed by atoms with Crippen LogP contribution in [-0.2, 0) is 13.0 Å². The van der Waals surface area contributed by atoms with E-state index in [-0.39, 0.29) is 0 Å². The summed E-state index contributed by atoms with van der Waals surface area (Å²) in [6, 6.07) is 8.28. The summed E-state index contributed by atoms with van der Waals surface area (Å²) in [5.74, 6) is 0. The zero-order valence-electron chi connectivity index (χ0n) is 10.3. The van der Waals surface area contributed by atoms with E-state index in [2.05, 4.69) is 47.7 Å². The van der Waals surface area contributed by atoms with Crippen molar-refractivity contribution in [3.63, 3.8) is 0 Å². The molecule has 90 valence electrons. The lowest BCUT2D eigenvalue weighted by atomic mass is 10.1. The van der Waals surface area contributed by atoms with Crippen molar-refractivity contribution in [3.8, 4) is 5.69 Å². The van der Waals surface area contributed by atoms with E-state index in [0.717, 1.165) is 30.9 Å². The highest BCUT2D eigenvalue weighted by atomic mass is 15.4. The Morgan fingerprint density at radius 3 is 2.82 bits per heavy atom. The fourth-order valence-corrected chi connectivity index (χ4v) is 1.78. The third-order valence-electron chi connectivity index (χ3n) is 2.72. The van der Waals surface area contributed by atoms with Gasteiger partial charge in [-0.15, -0.1) is 5.10 Å². The van der Waals surface area contributed by atoms with Gasteiger partial charge in [-0.05, 0) is 24.6 Å². The molecule has 0 unspecified atom stereocenters. The number of aromatic nitrogens is 3. The maximum atomic E-state index is 4.17. The van der Waals surface area contributed by atoms with E-state index >= 15 is 0 Å². The zero-order chi connectivity index (χ0) is 12.1. The van der Waals surface area contributed by atoms with Gasteiger partial charge in [-0.3, -0.25) is 0 Å². The van der Waals surface area contributed by atoms with Crippen LogP contribution in [0.15, 0.2) is 30.5 Å². The Morgan fingerprint density at radius 2 is 2.06 bits per heavy atom. The lowest BCUT2D eigenvalue weighted by Gasteiger charge is -2.05. The maximum Gasteiger partial charge on any atom is 0.0969 e. The van der Waals surface area contributed by atoms with Crippen LogP contribution in [0, 0.1) is 0 Å². The first-order chi connectivity index (χ1) is 8.35. The van der Waals surface area contributed by atoms with E-state index < -0.39 is 0 Å². The quantitative estimate of drug-likeness (QED) is 0.853. The standard InChI is InChI=1S/C13H18N4/c1-3-11-7-5-6-8-13(11)17-10-12(15-16-17)9-14-4-2/h5-8,10,14H,3-4,9H2,1-2H3. The van der Waals surface area contributed by atoms with Crippen LogP contribution in [0.1, 0.15) is 25.1 Å². The normalized spacial score (nSPS) is 10.7. The number of benzene rings is 1. The summed E-state index contributed by atoms with van der Waals surface area (Å²) in [4.78, 5) is 0. The molecular formula is C13H18N4. The molecule has 0 aliphatic heterocycles. The van der Waals surface area contributed by atoms with E-state index in [9.17, 15) is 0 Å². The first kappa shape index (κ1) is 11.8. The number of rotatable bonds is 5. The maximum absolute atomic E-state index is 4.17. The van der Waals surface area contributed by atoms with Crippen molar-refractivity contribution in [2.45, 2.75) is 26.8 Å². The van der Waals surface area contributed by atoms with Gasteiger partial charge in [0.15, 0.2) is 0 Å². The summed E-state index contributed by atoms with van der Waals surface area (Å²) >= 11 is 0. The number of nitrogens with one attached hydrogen (secondary N) is 1. The molecule has 0 saturated heterocycles. The van der Waals surface area contributed by atoms with Gasteiger partial charge in [0.2, 0.25) is 0 Å². The van der Waals surface area contributed by atoms with E-state index in [1.165, 1.54) is 5.56 Å². The minimum absolute atomic E-state index is 0.769. The van der Waals surface area contributed by atoms with Gasteiger partial charge >= 0.3 is 0 Å². The lowest BCUT2D eigenvalue weighted by Crippen LogP contribution is -2.11. The highest BCUT2D eigenvalue weighted by Gasteiger charge is 2.05. The number of nitrogens with zero attached hydrogens (tertiary/aromatic N) is 3. The lowest BCUT2D eigenvalue weighted by molar-refractivity contribution is 0.705. The molecular weight excluding hydrogens is 212 g/mol. The fourth-order valence-electron chi connectivity index (χ4n) is 1.78. The van der Waals surface area contributed by atoms with Crippen molar-refractivity contribution in [2.75, 3.05) is 6.54 Å². The van der Waals surface area contributed by atoms with Crippen molar-refractivity contribution in [3.05, 3.63) is 41.7 Å². The molecule has 2 rings (SSSR count). The van der Waals surface area contributed by atoms with Crippen molar-refractivity contribution in [2.24, 2.45) is 0 Å². The van der Waals surface area contributed by atoms with Crippen LogP contribution in [0.2, 0.25) is 0 Å². The van der Waals surface area contributed by atoms with E-state index in [0.29, 0.717) is 0 Å². The van der Waals surface area contributed by atoms with Crippen molar-refractivity contribution in [1.82, 2.24) is 20.3 Å². The molecule has 1 N–H and O–H groups in total. The molecule has 17 heavy (non-hydrogen) atoms. The largest absolute Gasteiger partial charge is 0.311 e. The van der Waals surface area contributed by atoms with Gasteiger partial charge in [-0.1, -0.05) is 37.3 Å².